The highest BCUT2D eigenvalue weighted by Crippen LogP contribution is 2.38. The molecule has 0 bridgehead atoms. The fourth-order valence-electron chi connectivity index (χ4n) is 2.73. The Hall–Kier alpha value is -2.05. The number of sulfonamides is 1. The van der Waals surface area contributed by atoms with E-state index in [4.69, 9.17) is 5.14 Å². The van der Waals surface area contributed by atoms with E-state index in [2.05, 4.69) is 5.32 Å². The summed E-state index contributed by atoms with van der Waals surface area (Å²) in [7, 11) is -3.66. The van der Waals surface area contributed by atoms with Crippen LogP contribution in [0.15, 0.2) is 47.4 Å². The summed E-state index contributed by atoms with van der Waals surface area (Å²) in [4.78, 5) is 0.0949. The third-order valence-corrected chi connectivity index (χ3v) is 4.70. The summed E-state index contributed by atoms with van der Waals surface area (Å²) in [6, 6.07) is 12.0. The first-order chi connectivity index (χ1) is 9.95. The largest absolute Gasteiger partial charge is 0.508 e. The van der Waals surface area contributed by atoms with E-state index in [0.717, 1.165) is 29.7 Å². The second-order valence-corrected chi connectivity index (χ2v) is 6.71. The van der Waals surface area contributed by atoms with Crippen molar-refractivity contribution in [2.75, 3.05) is 5.32 Å². The van der Waals surface area contributed by atoms with Crippen LogP contribution in [0.1, 0.15) is 23.6 Å². The van der Waals surface area contributed by atoms with Gasteiger partial charge >= 0.3 is 0 Å². The van der Waals surface area contributed by atoms with Crippen LogP contribution in [0.5, 0.6) is 5.75 Å². The topological polar surface area (TPSA) is 92.4 Å². The molecule has 6 heteroatoms. The van der Waals surface area contributed by atoms with Gasteiger partial charge in [-0.05, 0) is 54.3 Å². The number of hydrogen-bond acceptors (Lipinski definition) is 4. The molecule has 0 saturated heterocycles. The van der Waals surface area contributed by atoms with E-state index in [1.807, 2.05) is 12.1 Å². The van der Waals surface area contributed by atoms with Gasteiger partial charge in [0.2, 0.25) is 10.0 Å². The number of benzene rings is 2. The minimum absolute atomic E-state index is 0.0949. The van der Waals surface area contributed by atoms with E-state index in [0.29, 0.717) is 5.75 Å². The number of primary sulfonamides is 1. The predicted molar refractivity (Wildman–Crippen MR) is 80.6 cm³/mol. The lowest BCUT2D eigenvalue weighted by Gasteiger charge is -2.16. The van der Waals surface area contributed by atoms with E-state index in [-0.39, 0.29) is 10.9 Å². The molecule has 0 fully saturated rings. The van der Waals surface area contributed by atoms with Crippen molar-refractivity contribution >= 4 is 15.7 Å². The number of rotatable bonds is 3. The third kappa shape index (κ3) is 2.72. The molecule has 0 amide bonds. The minimum atomic E-state index is -3.66. The number of anilines is 1. The Morgan fingerprint density at radius 1 is 1.14 bits per heavy atom. The molecular weight excluding hydrogens is 288 g/mol. The van der Waals surface area contributed by atoms with Gasteiger partial charge in [-0.25, -0.2) is 13.6 Å². The van der Waals surface area contributed by atoms with Crippen LogP contribution >= 0.6 is 0 Å². The van der Waals surface area contributed by atoms with Crippen LogP contribution in [0.2, 0.25) is 0 Å². The first-order valence-electron chi connectivity index (χ1n) is 6.65. The first kappa shape index (κ1) is 13.9. The van der Waals surface area contributed by atoms with E-state index in [1.165, 1.54) is 12.1 Å². The summed E-state index contributed by atoms with van der Waals surface area (Å²) in [5.41, 5.74) is 2.89. The third-order valence-electron chi connectivity index (χ3n) is 3.77. The molecule has 1 aliphatic carbocycles. The van der Waals surface area contributed by atoms with Gasteiger partial charge in [0.05, 0.1) is 10.9 Å². The molecule has 1 atom stereocenters. The fraction of sp³-hybridized carbons (Fsp3) is 0.200. The number of phenols is 1. The molecule has 0 aromatic heterocycles. The van der Waals surface area contributed by atoms with Gasteiger partial charge in [-0.1, -0.05) is 12.1 Å². The van der Waals surface area contributed by atoms with Gasteiger partial charge in [0.25, 0.3) is 0 Å². The summed E-state index contributed by atoms with van der Waals surface area (Å²) in [6.45, 7) is 0. The monoisotopic (exact) mass is 304 g/mol. The zero-order chi connectivity index (χ0) is 15.0. The molecule has 1 unspecified atom stereocenters. The summed E-state index contributed by atoms with van der Waals surface area (Å²) in [5.74, 6) is 0.335. The molecule has 2 aromatic rings. The highest BCUT2D eigenvalue weighted by molar-refractivity contribution is 7.89. The van der Waals surface area contributed by atoms with Gasteiger partial charge in [-0.2, -0.15) is 0 Å². The van der Waals surface area contributed by atoms with Crippen molar-refractivity contribution in [3.8, 4) is 5.75 Å². The molecule has 0 heterocycles. The summed E-state index contributed by atoms with van der Waals surface area (Å²) < 4.78 is 22.4. The lowest BCUT2D eigenvalue weighted by molar-refractivity contribution is 0.469. The Balaban J connectivity index is 1.82. The number of fused-ring (bicyclic) bond motifs is 1. The highest BCUT2D eigenvalue weighted by Gasteiger charge is 2.24. The Bertz CT molecular complexity index is 770. The Labute approximate surface area is 123 Å². The van der Waals surface area contributed by atoms with E-state index in [9.17, 15) is 13.5 Å². The number of aromatic hydroxyl groups is 1. The van der Waals surface area contributed by atoms with Crippen LogP contribution in [0.4, 0.5) is 5.69 Å². The maximum Gasteiger partial charge on any atom is 0.238 e. The molecule has 0 saturated carbocycles. The van der Waals surface area contributed by atoms with E-state index >= 15 is 0 Å². The van der Waals surface area contributed by atoms with Crippen molar-refractivity contribution in [1.82, 2.24) is 0 Å². The van der Waals surface area contributed by atoms with Crippen LogP contribution in [0, 0.1) is 0 Å². The van der Waals surface area contributed by atoms with Crippen molar-refractivity contribution in [2.24, 2.45) is 5.14 Å². The summed E-state index contributed by atoms with van der Waals surface area (Å²) in [5, 5.41) is 18.3. The fourth-order valence-corrected chi connectivity index (χ4v) is 3.24. The van der Waals surface area contributed by atoms with Crippen molar-refractivity contribution in [3.63, 3.8) is 0 Å². The Kier molecular flexibility index (Phi) is 3.35. The maximum atomic E-state index is 11.2. The number of phenolic OH excluding ortho intramolecular Hbond substituents is 1. The highest BCUT2D eigenvalue weighted by atomic mass is 32.2. The van der Waals surface area contributed by atoms with Crippen molar-refractivity contribution in [1.29, 1.82) is 0 Å². The molecule has 4 N–H and O–H groups in total. The molecule has 0 spiro atoms. The zero-order valence-electron chi connectivity index (χ0n) is 11.3. The van der Waals surface area contributed by atoms with Gasteiger partial charge in [0.1, 0.15) is 5.75 Å². The van der Waals surface area contributed by atoms with Crippen LogP contribution in [-0.4, -0.2) is 13.5 Å². The molecule has 1 aliphatic rings. The summed E-state index contributed by atoms with van der Waals surface area (Å²) in [6.07, 6.45) is 1.72. The van der Waals surface area contributed by atoms with Crippen molar-refractivity contribution < 1.29 is 13.5 Å². The molecule has 0 aliphatic heterocycles. The van der Waals surface area contributed by atoms with Gasteiger partial charge in [-0.3, -0.25) is 0 Å². The standard InChI is InChI=1S/C15H16N2O3S/c16-21(19,20)11-6-4-10(5-7-11)17-14-9-8-13-12(14)2-1-3-15(13)18/h1-7,14,17-18H,8-9H2,(H2,16,19,20). The van der Waals surface area contributed by atoms with Crippen LogP contribution in [-0.2, 0) is 16.4 Å². The molecule has 21 heavy (non-hydrogen) atoms. The molecule has 2 aromatic carbocycles. The van der Waals surface area contributed by atoms with E-state index < -0.39 is 10.0 Å². The second kappa shape index (κ2) is 5.05. The number of nitrogens with one attached hydrogen (secondary N) is 1. The molecule has 0 radical (unpaired) electrons. The van der Waals surface area contributed by atoms with E-state index in [1.54, 1.807) is 18.2 Å². The lowest BCUT2D eigenvalue weighted by atomic mass is 10.1. The first-order valence-corrected chi connectivity index (χ1v) is 8.20. The number of hydrogen-bond donors (Lipinski definition) is 3. The van der Waals surface area contributed by atoms with Gasteiger partial charge in [0.15, 0.2) is 0 Å². The Morgan fingerprint density at radius 2 is 1.86 bits per heavy atom. The van der Waals surface area contributed by atoms with Crippen LogP contribution < -0.4 is 10.5 Å². The molecule has 5 nitrogen and oxygen atoms in total. The minimum Gasteiger partial charge on any atom is -0.508 e. The summed E-state index contributed by atoms with van der Waals surface area (Å²) >= 11 is 0. The second-order valence-electron chi connectivity index (χ2n) is 5.15. The van der Waals surface area contributed by atoms with Gasteiger partial charge in [0, 0.05) is 5.69 Å². The zero-order valence-corrected chi connectivity index (χ0v) is 12.1. The molecule has 110 valence electrons. The van der Waals surface area contributed by atoms with Crippen molar-refractivity contribution in [2.45, 2.75) is 23.8 Å². The van der Waals surface area contributed by atoms with Gasteiger partial charge < -0.3 is 10.4 Å². The number of nitrogens with two attached hydrogens (primary N) is 1. The normalized spacial score (nSPS) is 17.5. The van der Waals surface area contributed by atoms with Gasteiger partial charge in [-0.15, -0.1) is 0 Å². The quantitative estimate of drug-likeness (QED) is 0.810. The molecule has 3 rings (SSSR count). The Morgan fingerprint density at radius 3 is 2.52 bits per heavy atom. The molecular formula is C15H16N2O3S. The van der Waals surface area contributed by atoms with Crippen molar-refractivity contribution in [3.05, 3.63) is 53.6 Å². The predicted octanol–water partition coefficient (Wildman–Crippen LogP) is 2.14. The SMILES string of the molecule is NS(=O)(=O)c1ccc(NC2CCc3c(O)cccc32)cc1. The maximum absolute atomic E-state index is 11.2. The average Bonchev–Trinajstić information content (AvgIpc) is 2.83. The van der Waals surface area contributed by atoms with Crippen LogP contribution in [0.25, 0.3) is 0 Å². The average molecular weight is 304 g/mol. The lowest BCUT2D eigenvalue weighted by Crippen LogP contribution is -2.12. The van der Waals surface area contributed by atoms with Crippen LogP contribution in [0.3, 0.4) is 0 Å². The smallest absolute Gasteiger partial charge is 0.238 e.